The van der Waals surface area contributed by atoms with E-state index < -0.39 is 6.09 Å². The van der Waals surface area contributed by atoms with Crippen LogP contribution in [0.4, 0.5) is 4.79 Å². The molecule has 0 heterocycles. The lowest BCUT2D eigenvalue weighted by Crippen LogP contribution is -2.22. The standard InChI is InChI=1S/C6H11NO2/c1-3-5(2)4-7-6(8)9/h3,7H,4H2,1-2H3,(H,8,9). The average molecular weight is 129 g/mol. The van der Waals surface area contributed by atoms with Crippen LogP contribution in [0.1, 0.15) is 13.8 Å². The van der Waals surface area contributed by atoms with Crippen LogP contribution in [0.3, 0.4) is 0 Å². The average Bonchev–Trinajstić information content (AvgIpc) is 1.83. The molecule has 2 N–H and O–H groups in total. The molecule has 0 aromatic carbocycles. The monoisotopic (exact) mass is 129 g/mol. The van der Waals surface area contributed by atoms with E-state index in [9.17, 15) is 4.79 Å². The summed E-state index contributed by atoms with van der Waals surface area (Å²) in [4.78, 5) is 9.88. The van der Waals surface area contributed by atoms with E-state index >= 15 is 0 Å². The minimum Gasteiger partial charge on any atom is -0.465 e. The number of carbonyl (C=O) groups is 1. The van der Waals surface area contributed by atoms with Crippen molar-refractivity contribution in [2.75, 3.05) is 6.54 Å². The van der Waals surface area contributed by atoms with Crippen LogP contribution >= 0.6 is 0 Å². The molecule has 0 saturated heterocycles. The molecule has 3 heteroatoms. The first-order valence-electron chi connectivity index (χ1n) is 2.75. The Balaban J connectivity index is 3.39. The first kappa shape index (κ1) is 8.01. The minimum absolute atomic E-state index is 0.422. The summed E-state index contributed by atoms with van der Waals surface area (Å²) in [5.41, 5.74) is 1.03. The van der Waals surface area contributed by atoms with Gasteiger partial charge in [0.25, 0.3) is 0 Å². The third-order valence-corrected chi connectivity index (χ3v) is 1.01. The molecule has 0 bridgehead atoms. The Morgan fingerprint density at radius 2 is 2.33 bits per heavy atom. The van der Waals surface area contributed by atoms with E-state index in [0.717, 1.165) is 5.57 Å². The number of rotatable bonds is 2. The van der Waals surface area contributed by atoms with Gasteiger partial charge in [-0.05, 0) is 13.8 Å². The predicted molar refractivity (Wildman–Crippen MR) is 35.5 cm³/mol. The van der Waals surface area contributed by atoms with Crippen LogP contribution in [0.5, 0.6) is 0 Å². The van der Waals surface area contributed by atoms with Crippen LogP contribution in [-0.4, -0.2) is 17.7 Å². The zero-order valence-electron chi connectivity index (χ0n) is 5.64. The van der Waals surface area contributed by atoms with Crippen molar-refractivity contribution >= 4 is 6.09 Å². The number of amides is 1. The van der Waals surface area contributed by atoms with Crippen molar-refractivity contribution in [3.05, 3.63) is 11.6 Å². The van der Waals surface area contributed by atoms with Gasteiger partial charge in [0.05, 0.1) is 0 Å². The van der Waals surface area contributed by atoms with Gasteiger partial charge in [0.15, 0.2) is 0 Å². The van der Waals surface area contributed by atoms with Crippen molar-refractivity contribution in [2.45, 2.75) is 13.8 Å². The van der Waals surface area contributed by atoms with E-state index in [-0.39, 0.29) is 0 Å². The van der Waals surface area contributed by atoms with Crippen LogP contribution in [0.15, 0.2) is 11.6 Å². The van der Waals surface area contributed by atoms with Gasteiger partial charge >= 0.3 is 6.09 Å². The predicted octanol–water partition coefficient (Wildman–Crippen LogP) is 1.22. The largest absolute Gasteiger partial charge is 0.465 e. The van der Waals surface area contributed by atoms with Crippen LogP contribution in [0.25, 0.3) is 0 Å². The Kier molecular flexibility index (Phi) is 3.51. The first-order chi connectivity index (χ1) is 4.16. The normalized spacial score (nSPS) is 11.1. The molecule has 0 spiro atoms. The van der Waals surface area contributed by atoms with E-state index in [4.69, 9.17) is 5.11 Å². The summed E-state index contributed by atoms with van der Waals surface area (Å²) in [5, 5.41) is 10.4. The molecule has 9 heavy (non-hydrogen) atoms. The van der Waals surface area contributed by atoms with E-state index in [1.807, 2.05) is 19.9 Å². The molecule has 0 aliphatic heterocycles. The van der Waals surface area contributed by atoms with Crippen molar-refractivity contribution in [2.24, 2.45) is 0 Å². The van der Waals surface area contributed by atoms with Gasteiger partial charge in [-0.3, -0.25) is 0 Å². The Morgan fingerprint density at radius 3 is 2.67 bits per heavy atom. The van der Waals surface area contributed by atoms with Gasteiger partial charge in [-0.15, -0.1) is 0 Å². The zero-order valence-corrected chi connectivity index (χ0v) is 5.64. The number of hydrogen-bond donors (Lipinski definition) is 2. The summed E-state index contributed by atoms with van der Waals surface area (Å²) >= 11 is 0. The second-order valence-electron chi connectivity index (χ2n) is 1.79. The van der Waals surface area contributed by atoms with Gasteiger partial charge in [-0.25, -0.2) is 4.79 Å². The molecule has 1 amide bonds. The maximum absolute atomic E-state index is 9.88. The SMILES string of the molecule is CC=C(C)CNC(=O)O. The minimum atomic E-state index is -0.976. The second kappa shape index (κ2) is 3.95. The van der Waals surface area contributed by atoms with E-state index in [2.05, 4.69) is 5.32 Å². The molecule has 0 rings (SSSR count). The van der Waals surface area contributed by atoms with E-state index in [1.54, 1.807) is 0 Å². The molecular weight excluding hydrogens is 118 g/mol. The maximum Gasteiger partial charge on any atom is 0.404 e. The molecule has 0 atom stereocenters. The smallest absolute Gasteiger partial charge is 0.404 e. The Bertz CT molecular complexity index is 129. The van der Waals surface area contributed by atoms with Gasteiger partial charge in [0.2, 0.25) is 0 Å². The highest BCUT2D eigenvalue weighted by atomic mass is 16.4. The van der Waals surface area contributed by atoms with Crippen molar-refractivity contribution in [3.63, 3.8) is 0 Å². The quantitative estimate of drug-likeness (QED) is 0.551. The van der Waals surface area contributed by atoms with Gasteiger partial charge in [0, 0.05) is 6.54 Å². The number of allylic oxidation sites excluding steroid dienone is 1. The molecule has 0 saturated carbocycles. The fourth-order valence-electron chi connectivity index (χ4n) is 0.317. The highest BCUT2D eigenvalue weighted by Crippen LogP contribution is 1.86. The Morgan fingerprint density at radius 1 is 1.78 bits per heavy atom. The molecule has 0 fully saturated rings. The van der Waals surface area contributed by atoms with Crippen LogP contribution in [0, 0.1) is 0 Å². The Labute approximate surface area is 54.4 Å². The maximum atomic E-state index is 9.88. The van der Waals surface area contributed by atoms with Gasteiger partial charge in [-0.1, -0.05) is 11.6 Å². The van der Waals surface area contributed by atoms with Gasteiger partial charge in [-0.2, -0.15) is 0 Å². The number of nitrogens with one attached hydrogen (secondary N) is 1. The topological polar surface area (TPSA) is 49.3 Å². The lowest BCUT2D eigenvalue weighted by molar-refractivity contribution is 0.195. The fourth-order valence-corrected chi connectivity index (χ4v) is 0.317. The number of carboxylic acid groups (broad SMARTS) is 1. The summed E-state index contributed by atoms with van der Waals surface area (Å²) in [7, 11) is 0. The van der Waals surface area contributed by atoms with Crippen molar-refractivity contribution < 1.29 is 9.90 Å². The second-order valence-corrected chi connectivity index (χ2v) is 1.79. The molecule has 0 aliphatic rings. The van der Waals surface area contributed by atoms with Gasteiger partial charge < -0.3 is 10.4 Å². The third kappa shape index (κ3) is 4.87. The Hall–Kier alpha value is -0.990. The van der Waals surface area contributed by atoms with Crippen molar-refractivity contribution in [1.82, 2.24) is 5.32 Å². The lowest BCUT2D eigenvalue weighted by atomic mass is 10.3. The highest BCUT2D eigenvalue weighted by Gasteiger charge is 1.91. The summed E-state index contributed by atoms with van der Waals surface area (Å²) in [5.74, 6) is 0. The fraction of sp³-hybridized carbons (Fsp3) is 0.500. The molecule has 3 nitrogen and oxygen atoms in total. The van der Waals surface area contributed by atoms with Crippen molar-refractivity contribution in [1.29, 1.82) is 0 Å². The number of hydrogen-bond acceptors (Lipinski definition) is 1. The summed E-state index contributed by atoms with van der Waals surface area (Å²) in [6, 6.07) is 0. The van der Waals surface area contributed by atoms with Gasteiger partial charge in [0.1, 0.15) is 0 Å². The van der Waals surface area contributed by atoms with E-state index in [0.29, 0.717) is 6.54 Å². The lowest BCUT2D eigenvalue weighted by Gasteiger charge is -1.97. The molecular formula is C6H11NO2. The van der Waals surface area contributed by atoms with Crippen molar-refractivity contribution in [3.8, 4) is 0 Å². The third-order valence-electron chi connectivity index (χ3n) is 1.01. The zero-order chi connectivity index (χ0) is 7.28. The molecule has 52 valence electrons. The molecule has 0 radical (unpaired) electrons. The molecule has 0 aromatic rings. The first-order valence-corrected chi connectivity index (χ1v) is 2.75. The molecule has 0 unspecified atom stereocenters. The molecule has 0 aromatic heterocycles. The summed E-state index contributed by atoms with van der Waals surface area (Å²) in [6.07, 6.45) is 0.895. The van der Waals surface area contributed by atoms with Crippen LogP contribution in [0.2, 0.25) is 0 Å². The molecule has 0 aliphatic carbocycles. The highest BCUT2D eigenvalue weighted by molar-refractivity contribution is 5.64. The van der Waals surface area contributed by atoms with Crippen LogP contribution < -0.4 is 5.32 Å². The van der Waals surface area contributed by atoms with Crippen LogP contribution in [-0.2, 0) is 0 Å². The summed E-state index contributed by atoms with van der Waals surface area (Å²) in [6.45, 7) is 4.17. The van der Waals surface area contributed by atoms with E-state index in [1.165, 1.54) is 0 Å². The summed E-state index contributed by atoms with van der Waals surface area (Å²) < 4.78 is 0.